The third-order valence-corrected chi connectivity index (χ3v) is 5.36. The van der Waals surface area contributed by atoms with E-state index in [0.29, 0.717) is 31.3 Å². The summed E-state index contributed by atoms with van der Waals surface area (Å²) >= 11 is 0. The lowest BCUT2D eigenvalue weighted by atomic mass is 9.86. The van der Waals surface area contributed by atoms with Crippen molar-refractivity contribution in [1.82, 2.24) is 35.0 Å². The first kappa shape index (κ1) is 22.6. The van der Waals surface area contributed by atoms with Gasteiger partial charge in [0.25, 0.3) is 5.91 Å². The van der Waals surface area contributed by atoms with Crippen molar-refractivity contribution < 1.29 is 9.32 Å². The quantitative estimate of drug-likeness (QED) is 0.766. The molecule has 2 aromatic heterocycles. The molecular weight excluding hydrogens is 405 g/mol. The zero-order valence-electron chi connectivity index (χ0n) is 15.9. The minimum atomic E-state index is -0.555. The number of hydrogen-bond acceptors (Lipinski definition) is 7. The van der Waals surface area contributed by atoms with Gasteiger partial charge in [0.1, 0.15) is 5.54 Å². The van der Waals surface area contributed by atoms with Crippen molar-refractivity contribution in [2.45, 2.75) is 31.8 Å². The molecular formula is C17H27Cl2N7O2. The van der Waals surface area contributed by atoms with E-state index in [0.717, 1.165) is 39.0 Å². The molecule has 2 aromatic rings. The average molecular weight is 432 g/mol. The van der Waals surface area contributed by atoms with Gasteiger partial charge in [-0.2, -0.15) is 10.1 Å². The number of halogens is 2. The average Bonchev–Trinajstić information content (AvgIpc) is 3.35. The first-order valence-corrected chi connectivity index (χ1v) is 9.19. The van der Waals surface area contributed by atoms with Crippen molar-refractivity contribution in [2.24, 2.45) is 0 Å². The monoisotopic (exact) mass is 431 g/mol. The molecule has 2 aliphatic heterocycles. The number of piperidine rings is 1. The van der Waals surface area contributed by atoms with E-state index in [-0.39, 0.29) is 30.7 Å². The van der Waals surface area contributed by atoms with Crippen molar-refractivity contribution in [2.75, 3.05) is 39.3 Å². The Morgan fingerprint density at radius 2 is 1.93 bits per heavy atom. The van der Waals surface area contributed by atoms with Gasteiger partial charge < -0.3 is 14.7 Å². The molecule has 0 unspecified atom stereocenters. The number of nitrogens with one attached hydrogen (secondary N) is 1. The predicted molar refractivity (Wildman–Crippen MR) is 108 cm³/mol. The number of nitrogens with zero attached hydrogens (tertiary/aromatic N) is 6. The van der Waals surface area contributed by atoms with Crippen molar-refractivity contribution in [3.8, 4) is 0 Å². The molecule has 2 aliphatic rings. The molecule has 0 radical (unpaired) electrons. The van der Waals surface area contributed by atoms with Crippen LogP contribution in [0.4, 0.5) is 0 Å². The van der Waals surface area contributed by atoms with Crippen LogP contribution in [0, 0.1) is 6.92 Å². The lowest BCUT2D eigenvalue weighted by molar-refractivity contribution is -0.145. The molecule has 4 heterocycles. The molecule has 0 aromatic carbocycles. The number of carbonyl (C=O) groups is 1. The number of piperazine rings is 1. The van der Waals surface area contributed by atoms with Crippen LogP contribution in [0.1, 0.15) is 24.6 Å². The van der Waals surface area contributed by atoms with Crippen LogP contribution in [0.15, 0.2) is 23.0 Å². The van der Waals surface area contributed by atoms with E-state index >= 15 is 0 Å². The molecule has 0 spiro atoms. The SMILES string of the molecule is Cc1noc(CN2CCN(C(=O)C3(n4cccn4)CCNCC3)CC2)n1.Cl.Cl. The van der Waals surface area contributed by atoms with E-state index in [1.807, 2.05) is 28.8 Å². The fourth-order valence-corrected chi connectivity index (χ4v) is 3.90. The Hall–Kier alpha value is -1.68. The lowest BCUT2D eigenvalue weighted by Gasteiger charge is -2.42. The Morgan fingerprint density at radius 3 is 2.50 bits per heavy atom. The highest BCUT2D eigenvalue weighted by atomic mass is 35.5. The van der Waals surface area contributed by atoms with Gasteiger partial charge in [0.05, 0.1) is 6.54 Å². The molecule has 156 valence electrons. The van der Waals surface area contributed by atoms with E-state index in [4.69, 9.17) is 4.52 Å². The number of aromatic nitrogens is 4. The molecule has 11 heteroatoms. The van der Waals surface area contributed by atoms with E-state index in [1.165, 1.54) is 0 Å². The topological polar surface area (TPSA) is 92.3 Å². The molecule has 4 rings (SSSR count). The molecule has 1 N–H and O–H groups in total. The molecule has 9 nitrogen and oxygen atoms in total. The molecule has 0 atom stereocenters. The van der Waals surface area contributed by atoms with Crippen LogP contribution in [0.3, 0.4) is 0 Å². The summed E-state index contributed by atoms with van der Waals surface area (Å²) in [4.78, 5) is 21.9. The molecule has 1 amide bonds. The number of carbonyl (C=O) groups excluding carboxylic acids is 1. The fraction of sp³-hybridized carbons (Fsp3) is 0.647. The van der Waals surface area contributed by atoms with E-state index in [1.54, 1.807) is 6.20 Å². The highest BCUT2D eigenvalue weighted by Crippen LogP contribution is 2.30. The van der Waals surface area contributed by atoms with Gasteiger partial charge in [-0.1, -0.05) is 5.16 Å². The molecule has 0 aliphatic carbocycles. The van der Waals surface area contributed by atoms with Crippen LogP contribution in [0.5, 0.6) is 0 Å². The molecule has 2 saturated heterocycles. The zero-order valence-corrected chi connectivity index (χ0v) is 17.5. The molecule has 2 fully saturated rings. The van der Waals surface area contributed by atoms with E-state index in [9.17, 15) is 4.79 Å². The summed E-state index contributed by atoms with van der Waals surface area (Å²) in [5.74, 6) is 1.48. The maximum absolute atomic E-state index is 13.4. The maximum atomic E-state index is 13.4. The smallest absolute Gasteiger partial charge is 0.250 e. The number of aryl methyl sites for hydroxylation is 1. The van der Waals surface area contributed by atoms with Gasteiger partial charge in [0.15, 0.2) is 5.82 Å². The Bertz CT molecular complexity index is 739. The van der Waals surface area contributed by atoms with Crippen LogP contribution in [-0.2, 0) is 16.9 Å². The Morgan fingerprint density at radius 1 is 1.21 bits per heavy atom. The predicted octanol–water partition coefficient (Wildman–Crippen LogP) is 0.841. The minimum absolute atomic E-state index is 0. The Kier molecular flexibility index (Phi) is 7.82. The highest BCUT2D eigenvalue weighted by molar-refractivity contribution is 5.86. The molecule has 28 heavy (non-hydrogen) atoms. The van der Waals surface area contributed by atoms with Gasteiger partial charge in [-0.15, -0.1) is 24.8 Å². The van der Waals surface area contributed by atoms with Gasteiger partial charge in [-0.05, 0) is 38.9 Å². The van der Waals surface area contributed by atoms with Gasteiger partial charge in [-0.3, -0.25) is 14.4 Å². The first-order chi connectivity index (χ1) is 12.7. The summed E-state index contributed by atoms with van der Waals surface area (Å²) in [6.07, 6.45) is 5.21. The van der Waals surface area contributed by atoms with Crippen molar-refractivity contribution >= 4 is 30.7 Å². The lowest BCUT2D eigenvalue weighted by Crippen LogP contribution is -2.59. The van der Waals surface area contributed by atoms with E-state index < -0.39 is 5.54 Å². The second-order valence-electron chi connectivity index (χ2n) is 7.04. The summed E-state index contributed by atoms with van der Waals surface area (Å²) in [6, 6.07) is 1.89. The van der Waals surface area contributed by atoms with Crippen molar-refractivity contribution in [3.63, 3.8) is 0 Å². The van der Waals surface area contributed by atoms with Crippen LogP contribution in [-0.4, -0.2) is 74.9 Å². The van der Waals surface area contributed by atoms with Gasteiger partial charge in [0, 0.05) is 38.6 Å². The Labute approximate surface area is 176 Å². The van der Waals surface area contributed by atoms with Crippen LogP contribution >= 0.6 is 24.8 Å². The van der Waals surface area contributed by atoms with Crippen molar-refractivity contribution in [3.05, 3.63) is 30.2 Å². The third-order valence-electron chi connectivity index (χ3n) is 5.36. The summed E-state index contributed by atoms with van der Waals surface area (Å²) < 4.78 is 7.06. The van der Waals surface area contributed by atoms with Gasteiger partial charge >= 0.3 is 0 Å². The largest absolute Gasteiger partial charge is 0.338 e. The normalized spacial score (nSPS) is 19.5. The van der Waals surface area contributed by atoms with Crippen molar-refractivity contribution in [1.29, 1.82) is 0 Å². The van der Waals surface area contributed by atoms with Crippen LogP contribution in [0.2, 0.25) is 0 Å². The summed E-state index contributed by atoms with van der Waals surface area (Å²) in [7, 11) is 0. The summed E-state index contributed by atoms with van der Waals surface area (Å²) in [6.45, 7) is 7.16. The second-order valence-corrected chi connectivity index (χ2v) is 7.04. The first-order valence-electron chi connectivity index (χ1n) is 9.19. The van der Waals surface area contributed by atoms with Gasteiger partial charge in [-0.25, -0.2) is 0 Å². The second kappa shape index (κ2) is 9.69. The summed E-state index contributed by atoms with van der Waals surface area (Å²) in [5, 5.41) is 11.6. The molecule has 0 saturated carbocycles. The zero-order chi connectivity index (χ0) is 18.0. The maximum Gasteiger partial charge on any atom is 0.250 e. The van der Waals surface area contributed by atoms with Crippen LogP contribution < -0.4 is 5.32 Å². The van der Waals surface area contributed by atoms with Crippen LogP contribution in [0.25, 0.3) is 0 Å². The van der Waals surface area contributed by atoms with Gasteiger partial charge in [0.2, 0.25) is 5.89 Å². The standard InChI is InChI=1S/C17H25N7O2.2ClH/c1-14-20-15(26-21-14)13-22-9-11-23(12-10-22)16(25)17(3-6-18-7-4-17)24-8-2-5-19-24;;/h2,5,8,18H,3-4,6-7,9-13H2,1H3;2*1H. The minimum Gasteiger partial charge on any atom is -0.338 e. The number of amides is 1. The number of hydrogen-bond donors (Lipinski definition) is 1. The Balaban J connectivity index is 0.00000140. The molecule has 0 bridgehead atoms. The number of rotatable bonds is 4. The van der Waals surface area contributed by atoms with E-state index in [2.05, 4.69) is 25.5 Å². The fourth-order valence-electron chi connectivity index (χ4n) is 3.90. The highest BCUT2D eigenvalue weighted by Gasteiger charge is 2.44. The third kappa shape index (κ3) is 4.48. The summed E-state index contributed by atoms with van der Waals surface area (Å²) in [5.41, 5.74) is -0.555.